The van der Waals surface area contributed by atoms with Crippen molar-refractivity contribution in [2.75, 3.05) is 19.6 Å². The number of carbonyl (C=O) groups is 1. The quantitative estimate of drug-likeness (QED) is 0.745. The SMILES string of the molecule is CC1CCN(C(=O)c2ncccc2C#CCN)C1. The Labute approximate surface area is 107 Å². The Kier molecular flexibility index (Phi) is 3.96. The fraction of sp³-hybridized carbons (Fsp3) is 0.429. The van der Waals surface area contributed by atoms with Gasteiger partial charge in [-0.2, -0.15) is 0 Å². The molecule has 4 heteroatoms. The van der Waals surface area contributed by atoms with Crippen LogP contribution in [0.4, 0.5) is 0 Å². The van der Waals surface area contributed by atoms with Gasteiger partial charge in [0.1, 0.15) is 5.69 Å². The van der Waals surface area contributed by atoms with Gasteiger partial charge in [-0.1, -0.05) is 18.8 Å². The van der Waals surface area contributed by atoms with E-state index in [-0.39, 0.29) is 12.5 Å². The van der Waals surface area contributed by atoms with E-state index in [2.05, 4.69) is 23.7 Å². The number of nitrogens with two attached hydrogens (primary N) is 1. The third-order valence-corrected chi connectivity index (χ3v) is 3.05. The number of rotatable bonds is 1. The highest BCUT2D eigenvalue weighted by atomic mass is 16.2. The molecule has 0 aliphatic carbocycles. The molecular weight excluding hydrogens is 226 g/mol. The van der Waals surface area contributed by atoms with Crippen molar-refractivity contribution in [1.82, 2.24) is 9.88 Å². The van der Waals surface area contributed by atoms with Crippen LogP contribution in [0.25, 0.3) is 0 Å². The lowest BCUT2D eigenvalue weighted by molar-refractivity contribution is 0.0782. The predicted molar refractivity (Wildman–Crippen MR) is 69.9 cm³/mol. The lowest BCUT2D eigenvalue weighted by atomic mass is 10.1. The molecule has 1 aromatic rings. The first-order valence-corrected chi connectivity index (χ1v) is 6.15. The summed E-state index contributed by atoms with van der Waals surface area (Å²) in [6.07, 6.45) is 2.68. The standard InChI is InChI=1S/C14H17N3O/c1-11-6-9-17(10-11)14(18)13-12(4-2-7-15)5-3-8-16-13/h3,5,8,11H,6-7,9-10,15H2,1H3. The molecule has 1 atom stereocenters. The molecule has 0 aromatic carbocycles. The molecule has 18 heavy (non-hydrogen) atoms. The lowest BCUT2D eigenvalue weighted by Crippen LogP contribution is -2.29. The highest BCUT2D eigenvalue weighted by Gasteiger charge is 2.26. The number of nitrogens with zero attached hydrogens (tertiary/aromatic N) is 2. The Balaban J connectivity index is 2.24. The summed E-state index contributed by atoms with van der Waals surface area (Å²) >= 11 is 0. The number of likely N-dealkylation sites (tertiary alicyclic amines) is 1. The Bertz CT molecular complexity index is 501. The zero-order valence-corrected chi connectivity index (χ0v) is 10.5. The van der Waals surface area contributed by atoms with Gasteiger partial charge in [-0.15, -0.1) is 0 Å². The van der Waals surface area contributed by atoms with Crippen molar-refractivity contribution in [3.63, 3.8) is 0 Å². The van der Waals surface area contributed by atoms with Crippen LogP contribution in [0.3, 0.4) is 0 Å². The summed E-state index contributed by atoms with van der Waals surface area (Å²) in [4.78, 5) is 18.4. The molecule has 0 saturated carbocycles. The van der Waals surface area contributed by atoms with Crippen molar-refractivity contribution in [2.24, 2.45) is 11.7 Å². The van der Waals surface area contributed by atoms with Crippen LogP contribution in [0.15, 0.2) is 18.3 Å². The number of hydrogen-bond acceptors (Lipinski definition) is 3. The molecular formula is C14H17N3O. The summed E-state index contributed by atoms with van der Waals surface area (Å²) in [6.45, 7) is 4.05. The second-order valence-corrected chi connectivity index (χ2v) is 4.55. The minimum atomic E-state index is -0.0266. The van der Waals surface area contributed by atoms with E-state index >= 15 is 0 Å². The number of amides is 1. The van der Waals surface area contributed by atoms with Crippen molar-refractivity contribution in [3.8, 4) is 11.8 Å². The molecule has 1 aromatic heterocycles. The highest BCUT2D eigenvalue weighted by molar-refractivity contribution is 5.94. The predicted octanol–water partition coefficient (Wildman–Crippen LogP) is 0.874. The maximum absolute atomic E-state index is 12.3. The van der Waals surface area contributed by atoms with E-state index in [1.807, 2.05) is 11.0 Å². The summed E-state index contributed by atoms with van der Waals surface area (Å²) in [6, 6.07) is 3.59. The topological polar surface area (TPSA) is 59.2 Å². The summed E-state index contributed by atoms with van der Waals surface area (Å²) in [5, 5.41) is 0. The Morgan fingerprint density at radius 1 is 1.67 bits per heavy atom. The number of pyridine rings is 1. The fourth-order valence-corrected chi connectivity index (χ4v) is 2.09. The first-order chi connectivity index (χ1) is 8.72. The molecule has 0 radical (unpaired) electrons. The minimum absolute atomic E-state index is 0.0266. The van der Waals surface area contributed by atoms with Gasteiger partial charge in [-0.05, 0) is 24.5 Å². The van der Waals surface area contributed by atoms with Gasteiger partial charge >= 0.3 is 0 Å². The van der Waals surface area contributed by atoms with Gasteiger partial charge in [0, 0.05) is 19.3 Å². The van der Waals surface area contributed by atoms with Crippen LogP contribution in [-0.2, 0) is 0 Å². The van der Waals surface area contributed by atoms with E-state index in [4.69, 9.17) is 5.73 Å². The monoisotopic (exact) mass is 243 g/mol. The van der Waals surface area contributed by atoms with Crippen molar-refractivity contribution < 1.29 is 4.79 Å². The van der Waals surface area contributed by atoms with E-state index in [0.717, 1.165) is 19.5 Å². The van der Waals surface area contributed by atoms with Gasteiger partial charge in [-0.3, -0.25) is 4.79 Å². The Morgan fingerprint density at radius 2 is 2.50 bits per heavy atom. The smallest absolute Gasteiger partial charge is 0.273 e. The van der Waals surface area contributed by atoms with Gasteiger partial charge in [0.05, 0.1) is 12.1 Å². The van der Waals surface area contributed by atoms with Crippen molar-refractivity contribution >= 4 is 5.91 Å². The maximum atomic E-state index is 12.3. The van der Waals surface area contributed by atoms with Gasteiger partial charge in [0.15, 0.2) is 0 Å². The van der Waals surface area contributed by atoms with E-state index in [0.29, 0.717) is 17.2 Å². The first-order valence-electron chi connectivity index (χ1n) is 6.15. The molecule has 1 aliphatic heterocycles. The number of hydrogen-bond donors (Lipinski definition) is 1. The van der Waals surface area contributed by atoms with E-state index in [1.54, 1.807) is 12.3 Å². The number of carbonyl (C=O) groups excluding carboxylic acids is 1. The average Bonchev–Trinajstić information content (AvgIpc) is 2.82. The first kappa shape index (κ1) is 12.6. The Morgan fingerprint density at radius 3 is 3.17 bits per heavy atom. The molecule has 94 valence electrons. The highest BCUT2D eigenvalue weighted by Crippen LogP contribution is 2.18. The van der Waals surface area contributed by atoms with E-state index in [1.165, 1.54) is 0 Å². The van der Waals surface area contributed by atoms with Gasteiger partial charge in [0.2, 0.25) is 0 Å². The molecule has 1 fully saturated rings. The van der Waals surface area contributed by atoms with Crippen LogP contribution in [0, 0.1) is 17.8 Å². The molecule has 1 amide bonds. The normalized spacial score (nSPS) is 18.3. The van der Waals surface area contributed by atoms with Crippen LogP contribution < -0.4 is 5.73 Å². The molecule has 0 spiro atoms. The van der Waals surface area contributed by atoms with Gasteiger partial charge in [0.25, 0.3) is 5.91 Å². The van der Waals surface area contributed by atoms with Crippen LogP contribution in [-0.4, -0.2) is 35.4 Å². The van der Waals surface area contributed by atoms with Crippen LogP contribution in [0.5, 0.6) is 0 Å². The largest absolute Gasteiger partial charge is 0.337 e. The van der Waals surface area contributed by atoms with Crippen LogP contribution >= 0.6 is 0 Å². The van der Waals surface area contributed by atoms with Crippen molar-refractivity contribution in [2.45, 2.75) is 13.3 Å². The van der Waals surface area contributed by atoms with Gasteiger partial charge < -0.3 is 10.6 Å². The molecule has 4 nitrogen and oxygen atoms in total. The lowest BCUT2D eigenvalue weighted by Gasteiger charge is -2.15. The van der Waals surface area contributed by atoms with Crippen molar-refractivity contribution in [3.05, 3.63) is 29.6 Å². The molecule has 2 heterocycles. The molecule has 2 rings (SSSR count). The zero-order chi connectivity index (χ0) is 13.0. The summed E-state index contributed by atoms with van der Waals surface area (Å²) < 4.78 is 0. The van der Waals surface area contributed by atoms with E-state index in [9.17, 15) is 4.79 Å². The second kappa shape index (κ2) is 5.65. The third kappa shape index (κ3) is 2.69. The van der Waals surface area contributed by atoms with E-state index < -0.39 is 0 Å². The summed E-state index contributed by atoms with van der Waals surface area (Å²) in [7, 11) is 0. The summed E-state index contributed by atoms with van der Waals surface area (Å²) in [5.41, 5.74) is 6.45. The second-order valence-electron chi connectivity index (χ2n) is 4.55. The molecule has 1 saturated heterocycles. The van der Waals surface area contributed by atoms with Crippen LogP contribution in [0.2, 0.25) is 0 Å². The van der Waals surface area contributed by atoms with Crippen LogP contribution in [0.1, 0.15) is 29.4 Å². The average molecular weight is 243 g/mol. The fourth-order valence-electron chi connectivity index (χ4n) is 2.09. The minimum Gasteiger partial charge on any atom is -0.337 e. The van der Waals surface area contributed by atoms with Crippen molar-refractivity contribution in [1.29, 1.82) is 0 Å². The molecule has 0 bridgehead atoms. The zero-order valence-electron chi connectivity index (χ0n) is 10.5. The number of aromatic nitrogens is 1. The summed E-state index contributed by atoms with van der Waals surface area (Å²) in [5.74, 6) is 6.21. The Hall–Kier alpha value is -1.86. The molecule has 2 N–H and O–H groups in total. The van der Waals surface area contributed by atoms with Gasteiger partial charge in [-0.25, -0.2) is 4.98 Å². The molecule has 1 aliphatic rings. The maximum Gasteiger partial charge on any atom is 0.273 e. The third-order valence-electron chi connectivity index (χ3n) is 3.05. The molecule has 1 unspecified atom stereocenters.